The number of aromatic nitrogens is 2. The topological polar surface area (TPSA) is 84.4 Å². The standard InChI is InChI=1S/C14H23ClN4O2/c1-2-10-3-4-18(11(7-10)8-16)12-9-17-19(5-6-20)14(21)13(12)15/h9-11,20H,2-8,16H2,1H3. The van der Waals surface area contributed by atoms with Gasteiger partial charge >= 0.3 is 0 Å². The van der Waals surface area contributed by atoms with Gasteiger partial charge in [0.15, 0.2) is 0 Å². The van der Waals surface area contributed by atoms with Gasteiger partial charge in [0.2, 0.25) is 0 Å². The normalized spacial score (nSPS) is 22.6. The number of aliphatic hydroxyl groups is 1. The van der Waals surface area contributed by atoms with Crippen LogP contribution in [0.25, 0.3) is 0 Å². The number of piperidine rings is 1. The van der Waals surface area contributed by atoms with E-state index in [2.05, 4.69) is 16.9 Å². The lowest BCUT2D eigenvalue weighted by Gasteiger charge is -2.40. The largest absolute Gasteiger partial charge is 0.394 e. The van der Waals surface area contributed by atoms with E-state index < -0.39 is 0 Å². The van der Waals surface area contributed by atoms with Crippen LogP contribution in [0.5, 0.6) is 0 Å². The predicted octanol–water partition coefficient (Wildman–Crippen LogP) is 0.843. The van der Waals surface area contributed by atoms with Gasteiger partial charge in [0.25, 0.3) is 5.56 Å². The predicted molar refractivity (Wildman–Crippen MR) is 83.8 cm³/mol. The first-order valence-electron chi connectivity index (χ1n) is 7.45. The first-order chi connectivity index (χ1) is 10.1. The summed E-state index contributed by atoms with van der Waals surface area (Å²) in [7, 11) is 0. The summed E-state index contributed by atoms with van der Waals surface area (Å²) in [5.74, 6) is 0.677. The van der Waals surface area contributed by atoms with Crippen molar-refractivity contribution in [3.05, 3.63) is 21.6 Å². The third-order valence-corrected chi connectivity index (χ3v) is 4.62. The van der Waals surface area contributed by atoms with Gasteiger partial charge in [-0.1, -0.05) is 24.9 Å². The van der Waals surface area contributed by atoms with E-state index in [4.69, 9.17) is 22.4 Å². The number of aliphatic hydroxyl groups excluding tert-OH is 1. The van der Waals surface area contributed by atoms with Gasteiger partial charge in [-0.15, -0.1) is 0 Å². The van der Waals surface area contributed by atoms with Crippen LogP contribution in [0.15, 0.2) is 11.0 Å². The van der Waals surface area contributed by atoms with E-state index in [-0.39, 0.29) is 29.8 Å². The van der Waals surface area contributed by atoms with Crippen molar-refractivity contribution in [2.45, 2.75) is 38.8 Å². The first kappa shape index (κ1) is 16.3. The Kier molecular flexibility index (Phi) is 5.61. The van der Waals surface area contributed by atoms with Crippen LogP contribution in [0, 0.1) is 5.92 Å². The molecule has 118 valence electrons. The molecule has 0 spiro atoms. The highest BCUT2D eigenvalue weighted by atomic mass is 35.5. The minimum atomic E-state index is -0.364. The molecule has 0 aromatic carbocycles. The number of halogens is 1. The van der Waals surface area contributed by atoms with Crippen molar-refractivity contribution in [2.75, 3.05) is 24.6 Å². The molecule has 6 nitrogen and oxygen atoms in total. The maximum Gasteiger partial charge on any atom is 0.287 e. The Morgan fingerprint density at radius 3 is 2.95 bits per heavy atom. The quantitative estimate of drug-likeness (QED) is 0.841. The summed E-state index contributed by atoms with van der Waals surface area (Å²) >= 11 is 6.22. The molecule has 2 heterocycles. The number of nitrogens with two attached hydrogens (primary N) is 1. The molecule has 1 aromatic heterocycles. The lowest BCUT2D eigenvalue weighted by Crippen LogP contribution is -2.47. The van der Waals surface area contributed by atoms with Gasteiger partial charge in [0.1, 0.15) is 5.02 Å². The zero-order valence-electron chi connectivity index (χ0n) is 12.3. The van der Waals surface area contributed by atoms with Gasteiger partial charge in [-0.05, 0) is 18.8 Å². The van der Waals surface area contributed by atoms with Crippen LogP contribution in [0.2, 0.25) is 5.02 Å². The summed E-state index contributed by atoms with van der Waals surface area (Å²) in [5, 5.41) is 13.2. The number of anilines is 1. The van der Waals surface area contributed by atoms with E-state index in [0.717, 1.165) is 25.8 Å². The van der Waals surface area contributed by atoms with Crippen LogP contribution in [-0.2, 0) is 6.54 Å². The highest BCUT2D eigenvalue weighted by molar-refractivity contribution is 6.33. The number of rotatable bonds is 5. The van der Waals surface area contributed by atoms with Gasteiger partial charge in [-0.25, -0.2) is 4.68 Å². The maximum atomic E-state index is 12.1. The monoisotopic (exact) mass is 314 g/mol. The highest BCUT2D eigenvalue weighted by Crippen LogP contribution is 2.31. The van der Waals surface area contributed by atoms with Gasteiger partial charge in [0, 0.05) is 19.1 Å². The molecule has 0 bridgehead atoms. The molecule has 1 aliphatic rings. The number of nitrogens with zero attached hydrogens (tertiary/aromatic N) is 3. The second-order valence-electron chi connectivity index (χ2n) is 5.48. The zero-order valence-corrected chi connectivity index (χ0v) is 13.1. The fourth-order valence-corrected chi connectivity index (χ4v) is 3.21. The van der Waals surface area contributed by atoms with Crippen molar-refractivity contribution in [3.63, 3.8) is 0 Å². The van der Waals surface area contributed by atoms with E-state index in [1.807, 2.05) is 0 Å². The molecular weight excluding hydrogens is 292 g/mol. The molecule has 1 aromatic rings. The number of hydrogen-bond donors (Lipinski definition) is 2. The Bertz CT molecular complexity index is 534. The smallest absolute Gasteiger partial charge is 0.287 e. The second-order valence-corrected chi connectivity index (χ2v) is 5.86. The molecular formula is C14H23ClN4O2. The fraction of sp³-hybridized carbons (Fsp3) is 0.714. The summed E-state index contributed by atoms with van der Waals surface area (Å²) in [6, 6.07) is 0.191. The molecule has 1 saturated heterocycles. The van der Waals surface area contributed by atoms with E-state index >= 15 is 0 Å². The van der Waals surface area contributed by atoms with Gasteiger partial charge in [-0.2, -0.15) is 5.10 Å². The molecule has 0 saturated carbocycles. The van der Waals surface area contributed by atoms with Crippen molar-refractivity contribution < 1.29 is 5.11 Å². The molecule has 0 aliphatic carbocycles. The minimum Gasteiger partial charge on any atom is -0.394 e. The molecule has 0 amide bonds. The van der Waals surface area contributed by atoms with Crippen LogP contribution < -0.4 is 16.2 Å². The lowest BCUT2D eigenvalue weighted by atomic mass is 9.88. The molecule has 1 aliphatic heterocycles. The minimum absolute atomic E-state index is 0.143. The molecule has 2 rings (SSSR count). The molecule has 7 heteroatoms. The van der Waals surface area contributed by atoms with E-state index in [9.17, 15) is 4.79 Å². The van der Waals surface area contributed by atoms with E-state index in [1.165, 1.54) is 4.68 Å². The molecule has 0 radical (unpaired) electrons. The SMILES string of the molecule is CCC1CCN(c2cnn(CCO)c(=O)c2Cl)C(CN)C1. The van der Waals surface area contributed by atoms with Gasteiger partial charge in [-0.3, -0.25) is 4.79 Å². The summed E-state index contributed by atoms with van der Waals surface area (Å²) in [5.41, 5.74) is 6.18. The van der Waals surface area contributed by atoms with Gasteiger partial charge < -0.3 is 15.7 Å². The summed E-state index contributed by atoms with van der Waals surface area (Å²) < 4.78 is 1.18. The summed E-state index contributed by atoms with van der Waals surface area (Å²) in [6.45, 7) is 3.57. The molecule has 2 atom stereocenters. The Labute approximate surface area is 129 Å². The van der Waals surface area contributed by atoms with Crippen molar-refractivity contribution >= 4 is 17.3 Å². The Morgan fingerprint density at radius 2 is 2.33 bits per heavy atom. The first-order valence-corrected chi connectivity index (χ1v) is 7.83. The third kappa shape index (κ3) is 3.39. The van der Waals surface area contributed by atoms with Crippen molar-refractivity contribution in [2.24, 2.45) is 11.7 Å². The summed E-state index contributed by atoms with van der Waals surface area (Å²) in [6.07, 6.45) is 4.84. The second kappa shape index (κ2) is 7.24. The highest BCUT2D eigenvalue weighted by Gasteiger charge is 2.29. The third-order valence-electron chi connectivity index (χ3n) is 4.26. The maximum absolute atomic E-state index is 12.1. The van der Waals surface area contributed by atoms with Crippen molar-refractivity contribution in [1.29, 1.82) is 0 Å². The molecule has 3 N–H and O–H groups in total. The molecule has 1 fully saturated rings. The van der Waals surface area contributed by atoms with Crippen LogP contribution >= 0.6 is 11.6 Å². The molecule has 2 unspecified atom stereocenters. The average Bonchev–Trinajstić information content (AvgIpc) is 2.52. The fourth-order valence-electron chi connectivity index (χ4n) is 2.96. The van der Waals surface area contributed by atoms with E-state index in [1.54, 1.807) is 6.20 Å². The van der Waals surface area contributed by atoms with Crippen molar-refractivity contribution in [1.82, 2.24) is 9.78 Å². The lowest BCUT2D eigenvalue weighted by molar-refractivity contribution is 0.266. The van der Waals surface area contributed by atoms with Crippen molar-refractivity contribution in [3.8, 4) is 0 Å². The van der Waals surface area contributed by atoms with Crippen LogP contribution in [0.4, 0.5) is 5.69 Å². The number of hydrogen-bond acceptors (Lipinski definition) is 5. The summed E-state index contributed by atoms with van der Waals surface area (Å²) in [4.78, 5) is 14.2. The van der Waals surface area contributed by atoms with E-state index in [0.29, 0.717) is 18.2 Å². The Morgan fingerprint density at radius 1 is 1.57 bits per heavy atom. The van der Waals surface area contributed by atoms with Crippen LogP contribution in [0.1, 0.15) is 26.2 Å². The Hall–Kier alpha value is -1.11. The van der Waals surface area contributed by atoms with Gasteiger partial charge in [0.05, 0.1) is 25.0 Å². The zero-order chi connectivity index (χ0) is 15.4. The average molecular weight is 315 g/mol. The van der Waals surface area contributed by atoms with Crippen LogP contribution in [0.3, 0.4) is 0 Å². The van der Waals surface area contributed by atoms with Crippen LogP contribution in [-0.4, -0.2) is 40.6 Å². The Balaban J connectivity index is 2.29. The molecule has 21 heavy (non-hydrogen) atoms.